The number of carbonyl (C=O) groups excluding carboxylic acids is 2. The third-order valence-corrected chi connectivity index (χ3v) is 5.68. The van der Waals surface area contributed by atoms with Gasteiger partial charge in [-0.1, -0.05) is 22.7 Å². The zero-order valence-corrected chi connectivity index (χ0v) is 19.0. The van der Waals surface area contributed by atoms with Crippen molar-refractivity contribution in [1.29, 1.82) is 0 Å². The van der Waals surface area contributed by atoms with Crippen LogP contribution in [0.25, 0.3) is 11.3 Å². The van der Waals surface area contributed by atoms with Crippen LogP contribution in [0.1, 0.15) is 31.8 Å². The predicted molar refractivity (Wildman–Crippen MR) is 128 cm³/mol. The molecule has 168 valence electrons. The molecule has 0 radical (unpaired) electrons. The van der Waals surface area contributed by atoms with E-state index in [9.17, 15) is 9.59 Å². The molecule has 33 heavy (non-hydrogen) atoms. The summed E-state index contributed by atoms with van der Waals surface area (Å²) in [5.41, 5.74) is 10.0. The molecule has 0 saturated heterocycles. The standard InChI is InChI=1S/C24H23N5O3S/c1-16-6-7-18(24(31)28-29-27-10-11-33-29)13-21(16)22-9-8-19(15-25-22)23(30)26-14-17-4-3-5-20(12-17)32-2/h3-13,15,27H,14H2,1-2H3,(H,26,30)(H,28,31). The number of pyridine rings is 1. The number of ether oxygens (including phenoxy) is 1. The van der Waals surface area contributed by atoms with E-state index in [2.05, 4.69) is 21.2 Å². The summed E-state index contributed by atoms with van der Waals surface area (Å²) in [4.78, 5) is 29.6. The zero-order chi connectivity index (χ0) is 23.2. The third kappa shape index (κ3) is 5.51. The Morgan fingerprint density at radius 3 is 2.67 bits per heavy atom. The summed E-state index contributed by atoms with van der Waals surface area (Å²) in [7, 11) is 1.61. The SMILES string of the molecule is COc1cccc(CNC(=O)c2ccc(-c3cc(C(=O)NN4NC=CS4)ccc3C)nc2)c1. The number of hydrazine groups is 2. The largest absolute Gasteiger partial charge is 0.497 e. The molecule has 8 nitrogen and oxygen atoms in total. The van der Waals surface area contributed by atoms with Crippen molar-refractivity contribution >= 4 is 23.8 Å². The van der Waals surface area contributed by atoms with Crippen molar-refractivity contribution in [2.45, 2.75) is 13.5 Å². The molecule has 3 aromatic rings. The molecule has 4 rings (SSSR count). The molecule has 0 bridgehead atoms. The summed E-state index contributed by atoms with van der Waals surface area (Å²) < 4.78 is 6.72. The average molecular weight is 462 g/mol. The van der Waals surface area contributed by atoms with Crippen LogP contribution in [0.15, 0.2) is 72.4 Å². The monoisotopic (exact) mass is 461 g/mol. The van der Waals surface area contributed by atoms with Crippen molar-refractivity contribution in [3.05, 3.63) is 94.7 Å². The molecule has 2 amide bonds. The minimum absolute atomic E-state index is 0.217. The average Bonchev–Trinajstić information content (AvgIpc) is 3.36. The van der Waals surface area contributed by atoms with Gasteiger partial charge >= 0.3 is 0 Å². The van der Waals surface area contributed by atoms with Crippen LogP contribution in [0.4, 0.5) is 0 Å². The number of aryl methyl sites for hydroxylation is 1. The van der Waals surface area contributed by atoms with Crippen LogP contribution in [0.5, 0.6) is 5.75 Å². The highest BCUT2D eigenvalue weighted by atomic mass is 32.2. The highest BCUT2D eigenvalue weighted by Crippen LogP contribution is 2.23. The topological polar surface area (TPSA) is 95.6 Å². The maximum Gasteiger partial charge on any atom is 0.267 e. The van der Waals surface area contributed by atoms with Crippen LogP contribution in [0.2, 0.25) is 0 Å². The highest BCUT2D eigenvalue weighted by molar-refractivity contribution is 8.00. The molecule has 2 heterocycles. The quantitative estimate of drug-likeness (QED) is 0.463. The van der Waals surface area contributed by atoms with E-state index < -0.39 is 0 Å². The first-order valence-corrected chi connectivity index (χ1v) is 11.0. The molecule has 0 aliphatic carbocycles. The lowest BCUT2D eigenvalue weighted by Crippen LogP contribution is -2.41. The number of hydrogen-bond acceptors (Lipinski definition) is 7. The summed E-state index contributed by atoms with van der Waals surface area (Å²) >= 11 is 1.33. The van der Waals surface area contributed by atoms with Gasteiger partial charge in [0.25, 0.3) is 11.8 Å². The fourth-order valence-corrected chi connectivity index (χ4v) is 3.73. The van der Waals surface area contributed by atoms with Crippen molar-refractivity contribution < 1.29 is 14.3 Å². The van der Waals surface area contributed by atoms with Gasteiger partial charge in [-0.05, 0) is 66.4 Å². The highest BCUT2D eigenvalue weighted by Gasteiger charge is 2.15. The lowest BCUT2D eigenvalue weighted by atomic mass is 10.0. The second-order valence-corrected chi connectivity index (χ2v) is 8.12. The van der Waals surface area contributed by atoms with Gasteiger partial charge in [0.05, 0.1) is 18.4 Å². The number of carbonyl (C=O) groups is 2. The van der Waals surface area contributed by atoms with Gasteiger partial charge < -0.3 is 10.1 Å². The van der Waals surface area contributed by atoms with Gasteiger partial charge in [0.1, 0.15) is 5.75 Å². The van der Waals surface area contributed by atoms with Gasteiger partial charge in [0.15, 0.2) is 0 Å². The van der Waals surface area contributed by atoms with Gasteiger partial charge in [0.2, 0.25) is 0 Å². The predicted octanol–water partition coefficient (Wildman–Crippen LogP) is 3.58. The Morgan fingerprint density at radius 1 is 1.09 bits per heavy atom. The number of aromatic nitrogens is 1. The van der Waals surface area contributed by atoms with Crippen LogP contribution in [0, 0.1) is 6.92 Å². The summed E-state index contributed by atoms with van der Waals surface area (Å²) in [6.45, 7) is 2.34. The van der Waals surface area contributed by atoms with Gasteiger partial charge in [-0.2, -0.15) is 0 Å². The number of benzene rings is 2. The van der Waals surface area contributed by atoms with E-state index in [-0.39, 0.29) is 11.8 Å². The summed E-state index contributed by atoms with van der Waals surface area (Å²) in [5, 5.41) is 4.71. The molecule has 1 aliphatic heterocycles. The van der Waals surface area contributed by atoms with E-state index in [1.807, 2.05) is 42.7 Å². The van der Waals surface area contributed by atoms with Crippen molar-refractivity contribution in [1.82, 2.24) is 25.7 Å². The molecule has 3 N–H and O–H groups in total. The molecule has 0 unspecified atom stereocenters. The van der Waals surface area contributed by atoms with Crippen LogP contribution in [-0.4, -0.2) is 28.4 Å². The number of hydrogen-bond donors (Lipinski definition) is 3. The van der Waals surface area contributed by atoms with Crippen LogP contribution < -0.4 is 20.9 Å². The maximum absolute atomic E-state index is 12.6. The minimum atomic E-state index is -0.242. The molecule has 0 saturated carbocycles. The van der Waals surface area contributed by atoms with Gasteiger partial charge in [0, 0.05) is 35.5 Å². The fourth-order valence-electron chi connectivity index (χ4n) is 3.23. The number of amides is 2. The van der Waals surface area contributed by atoms with Gasteiger partial charge in [-0.15, -0.1) is 0 Å². The molecule has 0 spiro atoms. The molecular weight excluding hydrogens is 438 g/mol. The number of methoxy groups -OCH3 is 1. The van der Waals surface area contributed by atoms with E-state index in [4.69, 9.17) is 4.74 Å². The molecule has 0 fully saturated rings. The molecule has 0 atom stereocenters. The molecule has 9 heteroatoms. The van der Waals surface area contributed by atoms with Crippen LogP contribution >= 0.6 is 11.9 Å². The number of nitrogens with zero attached hydrogens (tertiary/aromatic N) is 2. The molecule has 1 aliphatic rings. The van der Waals surface area contributed by atoms with Crippen molar-refractivity contribution in [2.75, 3.05) is 7.11 Å². The normalized spacial score (nSPS) is 12.8. The Kier molecular flexibility index (Phi) is 6.92. The Bertz CT molecular complexity index is 1190. The van der Waals surface area contributed by atoms with Gasteiger partial charge in [-0.3, -0.25) is 25.4 Å². The van der Waals surface area contributed by atoms with Gasteiger partial charge in [-0.25, -0.2) is 0 Å². The number of rotatable bonds is 7. The van der Waals surface area contributed by atoms with Crippen molar-refractivity contribution in [2.24, 2.45) is 0 Å². The summed E-state index contributed by atoms with van der Waals surface area (Å²) in [5.74, 6) is 0.283. The van der Waals surface area contributed by atoms with E-state index in [0.717, 1.165) is 22.4 Å². The fraction of sp³-hybridized carbons (Fsp3) is 0.125. The summed E-state index contributed by atoms with van der Waals surface area (Å²) in [6.07, 6.45) is 3.27. The Labute approximate surface area is 196 Å². The van der Waals surface area contributed by atoms with E-state index in [1.165, 1.54) is 16.5 Å². The summed E-state index contributed by atoms with van der Waals surface area (Å²) in [6, 6.07) is 16.5. The first-order chi connectivity index (χ1) is 16.0. The second-order valence-electron chi connectivity index (χ2n) is 7.27. The van der Waals surface area contributed by atoms with Crippen molar-refractivity contribution in [3.63, 3.8) is 0 Å². The zero-order valence-electron chi connectivity index (χ0n) is 18.2. The van der Waals surface area contributed by atoms with E-state index >= 15 is 0 Å². The van der Waals surface area contributed by atoms with Crippen LogP contribution in [-0.2, 0) is 6.54 Å². The lowest BCUT2D eigenvalue weighted by molar-refractivity contribution is 0.0870. The Hall–Kier alpha value is -3.82. The minimum Gasteiger partial charge on any atom is -0.497 e. The first-order valence-electron chi connectivity index (χ1n) is 10.2. The molecule has 2 aromatic carbocycles. The second kappa shape index (κ2) is 10.2. The van der Waals surface area contributed by atoms with Crippen LogP contribution in [0.3, 0.4) is 0 Å². The smallest absolute Gasteiger partial charge is 0.267 e. The molecular formula is C24H23N5O3S. The van der Waals surface area contributed by atoms with Crippen molar-refractivity contribution in [3.8, 4) is 17.0 Å². The first kappa shape index (κ1) is 22.4. The Balaban J connectivity index is 1.43. The third-order valence-electron chi connectivity index (χ3n) is 5.02. The van der Waals surface area contributed by atoms with E-state index in [0.29, 0.717) is 23.4 Å². The number of nitrogens with one attached hydrogen (secondary N) is 3. The van der Waals surface area contributed by atoms with E-state index in [1.54, 1.807) is 43.8 Å². The maximum atomic E-state index is 12.6. The molecule has 1 aromatic heterocycles. The lowest BCUT2D eigenvalue weighted by Gasteiger charge is -2.16. The Morgan fingerprint density at radius 2 is 1.94 bits per heavy atom.